The van der Waals surface area contributed by atoms with E-state index in [-0.39, 0.29) is 12.1 Å². The van der Waals surface area contributed by atoms with Crippen LogP contribution in [-0.2, 0) is 11.2 Å². The fourth-order valence-electron chi connectivity index (χ4n) is 2.82. The number of likely N-dealkylation sites (tertiary alicyclic amines) is 1. The topological polar surface area (TPSA) is 41.6 Å². The van der Waals surface area contributed by atoms with Gasteiger partial charge in [0.2, 0.25) is 0 Å². The summed E-state index contributed by atoms with van der Waals surface area (Å²) < 4.78 is 5.32. The van der Waals surface area contributed by atoms with E-state index in [0.29, 0.717) is 0 Å². The Bertz CT molecular complexity index is 497. The second-order valence-electron chi connectivity index (χ2n) is 7.50. The van der Waals surface area contributed by atoms with Gasteiger partial charge in [0.1, 0.15) is 5.60 Å². The van der Waals surface area contributed by atoms with Crippen molar-refractivity contribution < 1.29 is 9.53 Å². The molecule has 1 aromatic rings. The average Bonchev–Trinajstić information content (AvgIpc) is 2.46. The third-order valence-corrected chi connectivity index (χ3v) is 4.15. The molecule has 4 heteroatoms. The Morgan fingerprint density at radius 2 is 1.83 bits per heavy atom. The highest BCUT2D eigenvalue weighted by Crippen LogP contribution is 2.13. The summed E-state index contributed by atoms with van der Waals surface area (Å²) in [6.07, 6.45) is 2.78. The van der Waals surface area contributed by atoms with Crippen molar-refractivity contribution in [3.63, 3.8) is 0 Å². The molecule has 1 aliphatic rings. The predicted molar refractivity (Wildman–Crippen MR) is 93.7 cm³/mol. The Kier molecular flexibility index (Phi) is 6.05. The zero-order valence-corrected chi connectivity index (χ0v) is 14.9. The van der Waals surface area contributed by atoms with E-state index in [1.54, 1.807) is 0 Å². The number of hydrogen-bond donors (Lipinski definition) is 1. The Balaban J connectivity index is 1.67. The zero-order chi connectivity index (χ0) is 16.9. The lowest BCUT2D eigenvalue weighted by molar-refractivity contribution is 0.0479. The van der Waals surface area contributed by atoms with E-state index < -0.39 is 5.60 Å². The van der Waals surface area contributed by atoms with Crippen molar-refractivity contribution in [1.82, 2.24) is 10.2 Å². The third kappa shape index (κ3) is 6.61. The first kappa shape index (κ1) is 17.8. The maximum atomic E-state index is 11.8. The molecule has 2 rings (SSSR count). The number of carbonyl (C=O) groups excluding carboxylic acids is 1. The number of hydrogen-bond acceptors (Lipinski definition) is 3. The molecule has 0 atom stereocenters. The van der Waals surface area contributed by atoms with E-state index in [9.17, 15) is 4.79 Å². The zero-order valence-electron chi connectivity index (χ0n) is 14.9. The van der Waals surface area contributed by atoms with Gasteiger partial charge in [-0.3, -0.25) is 0 Å². The van der Waals surface area contributed by atoms with Crippen LogP contribution in [0.4, 0.5) is 4.79 Å². The van der Waals surface area contributed by atoms with Crippen molar-refractivity contribution in [3.05, 3.63) is 35.4 Å². The lowest BCUT2D eigenvalue weighted by Crippen LogP contribution is -2.46. The largest absolute Gasteiger partial charge is 0.444 e. The molecule has 1 aromatic carbocycles. The van der Waals surface area contributed by atoms with Gasteiger partial charge in [0.05, 0.1) is 0 Å². The molecule has 0 aromatic heterocycles. The number of nitrogens with zero attached hydrogens (tertiary/aromatic N) is 1. The molecule has 0 saturated carbocycles. The van der Waals surface area contributed by atoms with Crippen LogP contribution in [0.15, 0.2) is 24.3 Å². The minimum absolute atomic E-state index is 0.237. The number of amides is 1. The van der Waals surface area contributed by atoms with Crippen LogP contribution in [0.5, 0.6) is 0 Å². The van der Waals surface area contributed by atoms with Gasteiger partial charge in [0.25, 0.3) is 0 Å². The van der Waals surface area contributed by atoms with Crippen LogP contribution in [0.25, 0.3) is 0 Å². The summed E-state index contributed by atoms with van der Waals surface area (Å²) >= 11 is 0. The first-order chi connectivity index (χ1) is 10.8. The van der Waals surface area contributed by atoms with Crippen molar-refractivity contribution in [1.29, 1.82) is 0 Å². The first-order valence-electron chi connectivity index (χ1n) is 8.59. The highest BCUT2D eigenvalue weighted by Gasteiger charge is 2.23. The monoisotopic (exact) mass is 318 g/mol. The lowest BCUT2D eigenvalue weighted by Gasteiger charge is -2.32. The van der Waals surface area contributed by atoms with Gasteiger partial charge in [-0.25, -0.2) is 4.79 Å². The molecule has 23 heavy (non-hydrogen) atoms. The number of ether oxygens (including phenoxy) is 1. The van der Waals surface area contributed by atoms with Crippen LogP contribution >= 0.6 is 0 Å². The summed E-state index contributed by atoms with van der Waals surface area (Å²) in [4.78, 5) is 14.3. The maximum Gasteiger partial charge on any atom is 0.407 e. The minimum atomic E-state index is -0.432. The van der Waals surface area contributed by atoms with Crippen molar-refractivity contribution >= 4 is 6.09 Å². The number of nitrogens with one attached hydrogen (secondary N) is 1. The summed E-state index contributed by atoms with van der Waals surface area (Å²) in [6, 6.07) is 9.01. The summed E-state index contributed by atoms with van der Waals surface area (Å²) in [5.41, 5.74) is 2.27. The number of benzene rings is 1. The highest BCUT2D eigenvalue weighted by molar-refractivity contribution is 5.68. The smallest absolute Gasteiger partial charge is 0.407 e. The van der Waals surface area contributed by atoms with Gasteiger partial charge >= 0.3 is 6.09 Å². The van der Waals surface area contributed by atoms with Crippen molar-refractivity contribution in [3.8, 4) is 0 Å². The van der Waals surface area contributed by atoms with Crippen LogP contribution in [-0.4, -0.2) is 42.3 Å². The van der Waals surface area contributed by atoms with E-state index in [0.717, 1.165) is 38.9 Å². The maximum absolute atomic E-state index is 11.8. The summed E-state index contributed by atoms with van der Waals surface area (Å²) in [5.74, 6) is 0. The molecular formula is C19H30N2O2. The molecule has 1 saturated heterocycles. The molecule has 1 heterocycles. The van der Waals surface area contributed by atoms with Crippen LogP contribution in [0.1, 0.15) is 44.7 Å². The molecule has 1 fully saturated rings. The summed E-state index contributed by atoms with van der Waals surface area (Å²) in [5, 5.41) is 2.99. The van der Waals surface area contributed by atoms with Crippen LogP contribution in [0, 0.1) is 6.92 Å². The SMILES string of the molecule is Cc1ccc(CCN2CCC(NC(=O)OC(C)(C)C)CC2)cc1. The van der Waals surface area contributed by atoms with Crippen LogP contribution < -0.4 is 5.32 Å². The number of alkyl carbamates (subject to hydrolysis) is 1. The Morgan fingerprint density at radius 3 is 2.39 bits per heavy atom. The van der Waals surface area contributed by atoms with Crippen LogP contribution in [0.2, 0.25) is 0 Å². The Labute approximate surface area is 140 Å². The first-order valence-corrected chi connectivity index (χ1v) is 8.59. The van der Waals surface area contributed by atoms with E-state index in [4.69, 9.17) is 4.74 Å². The molecule has 4 nitrogen and oxygen atoms in total. The van der Waals surface area contributed by atoms with Crippen molar-refractivity contribution in [2.24, 2.45) is 0 Å². The second-order valence-corrected chi connectivity index (χ2v) is 7.50. The molecule has 1 amide bonds. The third-order valence-electron chi connectivity index (χ3n) is 4.15. The van der Waals surface area contributed by atoms with Gasteiger partial charge in [-0.2, -0.15) is 0 Å². The van der Waals surface area contributed by atoms with E-state index in [1.165, 1.54) is 11.1 Å². The summed E-state index contributed by atoms with van der Waals surface area (Å²) in [7, 11) is 0. The molecule has 128 valence electrons. The fourth-order valence-corrected chi connectivity index (χ4v) is 2.82. The number of aryl methyl sites for hydroxylation is 1. The Hall–Kier alpha value is -1.55. The van der Waals surface area contributed by atoms with E-state index in [1.807, 2.05) is 20.8 Å². The van der Waals surface area contributed by atoms with Gasteiger partial charge in [-0.15, -0.1) is 0 Å². The molecule has 1 aliphatic heterocycles. The molecular weight excluding hydrogens is 288 g/mol. The van der Waals surface area contributed by atoms with Gasteiger partial charge < -0.3 is 15.0 Å². The molecule has 0 radical (unpaired) electrons. The number of piperidine rings is 1. The average molecular weight is 318 g/mol. The van der Waals surface area contributed by atoms with Crippen molar-refractivity contribution in [2.45, 2.75) is 58.6 Å². The van der Waals surface area contributed by atoms with Gasteiger partial charge in [-0.1, -0.05) is 29.8 Å². The quantitative estimate of drug-likeness (QED) is 0.923. The molecule has 0 spiro atoms. The Morgan fingerprint density at radius 1 is 1.22 bits per heavy atom. The second kappa shape index (κ2) is 7.82. The van der Waals surface area contributed by atoms with E-state index >= 15 is 0 Å². The van der Waals surface area contributed by atoms with Gasteiger partial charge in [-0.05, 0) is 52.5 Å². The number of carbonyl (C=O) groups is 1. The van der Waals surface area contributed by atoms with Crippen LogP contribution in [0.3, 0.4) is 0 Å². The van der Waals surface area contributed by atoms with Gasteiger partial charge in [0.15, 0.2) is 0 Å². The molecule has 1 N–H and O–H groups in total. The normalized spacial score (nSPS) is 17.0. The van der Waals surface area contributed by atoms with Gasteiger partial charge in [0, 0.05) is 25.7 Å². The molecule has 0 bridgehead atoms. The van der Waals surface area contributed by atoms with E-state index in [2.05, 4.69) is 41.4 Å². The highest BCUT2D eigenvalue weighted by atomic mass is 16.6. The van der Waals surface area contributed by atoms with Crippen molar-refractivity contribution in [2.75, 3.05) is 19.6 Å². The lowest BCUT2D eigenvalue weighted by atomic mass is 10.0. The summed E-state index contributed by atoms with van der Waals surface area (Å²) in [6.45, 7) is 10.9. The number of rotatable bonds is 4. The predicted octanol–water partition coefficient (Wildman–Crippen LogP) is 3.53. The molecule has 0 unspecified atom stereocenters. The minimum Gasteiger partial charge on any atom is -0.444 e. The standard InChI is InChI=1S/C19H30N2O2/c1-15-5-7-16(8-6-15)9-12-21-13-10-17(11-14-21)20-18(22)23-19(2,3)4/h5-8,17H,9-14H2,1-4H3,(H,20,22). The fraction of sp³-hybridized carbons (Fsp3) is 0.632. The molecule has 0 aliphatic carbocycles.